The van der Waals surface area contributed by atoms with Gasteiger partial charge in [0.15, 0.2) is 0 Å². The van der Waals surface area contributed by atoms with Crippen LogP contribution in [0.5, 0.6) is 0 Å². The zero-order valence-corrected chi connectivity index (χ0v) is 11.0. The molecular formula is C14H20N2O. The summed E-state index contributed by atoms with van der Waals surface area (Å²) < 4.78 is 0. The van der Waals surface area contributed by atoms with Gasteiger partial charge in [0.1, 0.15) is 0 Å². The normalized spacial score (nSPS) is 16.2. The van der Waals surface area contributed by atoms with E-state index in [2.05, 4.69) is 38.2 Å². The maximum Gasteiger partial charge on any atom is 0.228 e. The molecule has 1 aromatic carbocycles. The van der Waals surface area contributed by atoms with Gasteiger partial charge in [-0.15, -0.1) is 0 Å². The molecule has 0 saturated carbocycles. The third kappa shape index (κ3) is 2.28. The van der Waals surface area contributed by atoms with Gasteiger partial charge in [-0.2, -0.15) is 0 Å². The first-order chi connectivity index (χ1) is 7.89. The Morgan fingerprint density at radius 3 is 2.65 bits per heavy atom. The van der Waals surface area contributed by atoms with E-state index in [4.69, 9.17) is 0 Å². The lowest BCUT2D eigenvalue weighted by molar-refractivity contribution is -0.118. The molecule has 3 heteroatoms. The summed E-state index contributed by atoms with van der Waals surface area (Å²) >= 11 is 0. The first-order valence-corrected chi connectivity index (χ1v) is 6.04. The number of hydrogen-bond acceptors (Lipinski definition) is 2. The maximum absolute atomic E-state index is 11.7. The van der Waals surface area contributed by atoms with Crippen molar-refractivity contribution in [1.82, 2.24) is 0 Å². The number of nitrogens with one attached hydrogen (secondary N) is 1. The van der Waals surface area contributed by atoms with E-state index in [-0.39, 0.29) is 11.3 Å². The van der Waals surface area contributed by atoms with Crippen LogP contribution in [0.3, 0.4) is 0 Å². The fourth-order valence-electron chi connectivity index (χ4n) is 2.04. The number of rotatable bonds is 0. The summed E-state index contributed by atoms with van der Waals surface area (Å²) in [5.41, 5.74) is 3.45. The predicted octanol–water partition coefficient (Wildman–Crippen LogP) is 2.76. The minimum atomic E-state index is 0.131. The molecule has 3 nitrogen and oxygen atoms in total. The molecule has 0 aliphatic carbocycles. The highest BCUT2D eigenvalue weighted by Gasteiger charge is 2.21. The number of carbonyl (C=O) groups excluding carboxylic acids is 1. The van der Waals surface area contributed by atoms with Crippen molar-refractivity contribution in [3.05, 3.63) is 23.8 Å². The number of hydrogen-bond donors (Lipinski definition) is 1. The summed E-state index contributed by atoms with van der Waals surface area (Å²) in [7, 11) is 1.84. The number of benzene rings is 1. The van der Waals surface area contributed by atoms with Crippen molar-refractivity contribution in [2.24, 2.45) is 0 Å². The molecular weight excluding hydrogens is 212 g/mol. The van der Waals surface area contributed by atoms with Crippen LogP contribution in [0.15, 0.2) is 18.2 Å². The van der Waals surface area contributed by atoms with Crippen LogP contribution in [0.4, 0.5) is 11.4 Å². The van der Waals surface area contributed by atoms with Gasteiger partial charge in [-0.25, -0.2) is 0 Å². The minimum Gasteiger partial charge on any atom is -0.383 e. The average molecular weight is 232 g/mol. The summed E-state index contributed by atoms with van der Waals surface area (Å²) in [4.78, 5) is 13.5. The van der Waals surface area contributed by atoms with Crippen LogP contribution in [0, 0.1) is 0 Å². The second kappa shape index (κ2) is 4.06. The van der Waals surface area contributed by atoms with Crippen LogP contribution >= 0.6 is 0 Å². The van der Waals surface area contributed by atoms with E-state index < -0.39 is 0 Å². The maximum atomic E-state index is 11.7. The van der Waals surface area contributed by atoms with E-state index >= 15 is 0 Å². The molecule has 1 aliphatic rings. The highest BCUT2D eigenvalue weighted by molar-refractivity contribution is 5.97. The summed E-state index contributed by atoms with van der Waals surface area (Å²) in [6.45, 7) is 7.30. The number of nitrogens with zero attached hydrogens (tertiary/aromatic N) is 1. The lowest BCUT2D eigenvalue weighted by atomic mass is 9.86. The van der Waals surface area contributed by atoms with Crippen molar-refractivity contribution < 1.29 is 4.79 Å². The smallest absolute Gasteiger partial charge is 0.228 e. The average Bonchev–Trinajstić information content (AvgIpc) is 2.38. The van der Waals surface area contributed by atoms with E-state index in [0.717, 1.165) is 11.4 Å². The Morgan fingerprint density at radius 2 is 2.00 bits per heavy atom. The monoisotopic (exact) mass is 232 g/mol. The quantitative estimate of drug-likeness (QED) is 0.746. The first kappa shape index (κ1) is 12.0. The number of anilines is 2. The Hall–Kier alpha value is -1.51. The van der Waals surface area contributed by atoms with Gasteiger partial charge in [-0.1, -0.05) is 26.8 Å². The third-order valence-electron chi connectivity index (χ3n) is 3.25. The molecule has 0 spiro atoms. The molecule has 17 heavy (non-hydrogen) atoms. The van der Waals surface area contributed by atoms with Crippen molar-refractivity contribution in [1.29, 1.82) is 0 Å². The molecule has 2 rings (SSSR count). The molecule has 1 heterocycles. The molecule has 0 aromatic heterocycles. The van der Waals surface area contributed by atoms with Crippen molar-refractivity contribution in [3.8, 4) is 0 Å². The van der Waals surface area contributed by atoms with Gasteiger partial charge in [-0.05, 0) is 23.1 Å². The summed E-state index contributed by atoms with van der Waals surface area (Å²) in [5.74, 6) is 0.166. The Morgan fingerprint density at radius 1 is 1.29 bits per heavy atom. The van der Waals surface area contributed by atoms with Crippen molar-refractivity contribution in [3.63, 3.8) is 0 Å². The number of amides is 1. The van der Waals surface area contributed by atoms with Crippen LogP contribution in [0.1, 0.15) is 32.8 Å². The topological polar surface area (TPSA) is 32.3 Å². The molecule has 0 fully saturated rings. The van der Waals surface area contributed by atoms with E-state index in [0.29, 0.717) is 13.0 Å². The minimum absolute atomic E-state index is 0.131. The number of fused-ring (bicyclic) bond motifs is 1. The fourth-order valence-corrected chi connectivity index (χ4v) is 2.04. The van der Waals surface area contributed by atoms with Crippen molar-refractivity contribution >= 4 is 17.3 Å². The zero-order valence-electron chi connectivity index (χ0n) is 11.0. The van der Waals surface area contributed by atoms with E-state index in [1.807, 2.05) is 13.1 Å². The molecule has 1 aliphatic heterocycles. The van der Waals surface area contributed by atoms with E-state index in [1.165, 1.54) is 5.56 Å². The molecule has 0 radical (unpaired) electrons. The fraction of sp³-hybridized carbons (Fsp3) is 0.500. The van der Waals surface area contributed by atoms with Crippen molar-refractivity contribution in [2.45, 2.75) is 32.6 Å². The molecule has 0 saturated heterocycles. The number of carbonyl (C=O) groups is 1. The Balaban J connectivity index is 2.46. The Kier molecular flexibility index (Phi) is 2.86. The van der Waals surface area contributed by atoms with Gasteiger partial charge in [0.05, 0.1) is 11.4 Å². The van der Waals surface area contributed by atoms with Gasteiger partial charge >= 0.3 is 0 Å². The van der Waals surface area contributed by atoms with Gasteiger partial charge in [0, 0.05) is 20.0 Å². The van der Waals surface area contributed by atoms with Crippen LogP contribution in [-0.2, 0) is 10.2 Å². The highest BCUT2D eigenvalue weighted by atomic mass is 16.2. The second-order valence-electron chi connectivity index (χ2n) is 5.61. The van der Waals surface area contributed by atoms with E-state index in [9.17, 15) is 4.79 Å². The van der Waals surface area contributed by atoms with Gasteiger partial charge in [0.25, 0.3) is 0 Å². The molecule has 1 aromatic rings. The van der Waals surface area contributed by atoms with E-state index in [1.54, 1.807) is 4.90 Å². The molecule has 92 valence electrons. The van der Waals surface area contributed by atoms with Crippen LogP contribution in [-0.4, -0.2) is 19.5 Å². The summed E-state index contributed by atoms with van der Waals surface area (Å²) in [6, 6.07) is 6.30. The lowest BCUT2D eigenvalue weighted by Crippen LogP contribution is -2.25. The lowest BCUT2D eigenvalue weighted by Gasteiger charge is -2.23. The van der Waals surface area contributed by atoms with Gasteiger partial charge in [0.2, 0.25) is 5.91 Å². The van der Waals surface area contributed by atoms with Gasteiger partial charge in [-0.3, -0.25) is 4.79 Å². The third-order valence-corrected chi connectivity index (χ3v) is 3.25. The highest BCUT2D eigenvalue weighted by Crippen LogP contribution is 2.33. The summed E-state index contributed by atoms with van der Waals surface area (Å²) in [5, 5.41) is 3.34. The van der Waals surface area contributed by atoms with Crippen LogP contribution in [0.25, 0.3) is 0 Å². The van der Waals surface area contributed by atoms with Crippen LogP contribution < -0.4 is 10.2 Å². The SMILES string of the molecule is CN1C(=O)CCNc2cc(C(C)(C)C)ccc21. The first-order valence-electron chi connectivity index (χ1n) is 6.04. The predicted molar refractivity (Wildman–Crippen MR) is 71.7 cm³/mol. The van der Waals surface area contributed by atoms with Gasteiger partial charge < -0.3 is 10.2 Å². The summed E-state index contributed by atoms with van der Waals surface area (Å²) in [6.07, 6.45) is 0.552. The Bertz CT molecular complexity index is 446. The standard InChI is InChI=1S/C14H20N2O/c1-14(2,3)10-5-6-12-11(9-10)15-8-7-13(17)16(12)4/h5-6,9,15H,7-8H2,1-4H3. The molecule has 0 unspecified atom stereocenters. The second-order valence-corrected chi connectivity index (χ2v) is 5.61. The zero-order chi connectivity index (χ0) is 12.6. The molecule has 1 N–H and O–H groups in total. The largest absolute Gasteiger partial charge is 0.383 e. The van der Waals surface area contributed by atoms with Crippen LogP contribution in [0.2, 0.25) is 0 Å². The Labute approximate surface area is 103 Å². The molecule has 1 amide bonds. The van der Waals surface area contributed by atoms with Crippen molar-refractivity contribution in [2.75, 3.05) is 23.8 Å². The molecule has 0 atom stereocenters. The molecule has 0 bridgehead atoms.